The summed E-state index contributed by atoms with van der Waals surface area (Å²) < 4.78 is 0. The van der Waals surface area contributed by atoms with Gasteiger partial charge in [-0.3, -0.25) is 10.4 Å². The van der Waals surface area contributed by atoms with Crippen LogP contribution in [0.25, 0.3) is 0 Å². The second kappa shape index (κ2) is 5.97. The molecule has 0 amide bonds. The summed E-state index contributed by atoms with van der Waals surface area (Å²) in [5.74, 6) is 0. The van der Waals surface area contributed by atoms with Gasteiger partial charge in [0, 0.05) is 0 Å². The van der Waals surface area contributed by atoms with Crippen molar-refractivity contribution in [2.24, 2.45) is 0 Å². The van der Waals surface area contributed by atoms with Crippen molar-refractivity contribution in [3.8, 4) is 0 Å². The molecule has 0 atom stereocenters. The molecule has 0 aromatic rings. The van der Waals surface area contributed by atoms with Crippen molar-refractivity contribution >= 4 is 0 Å². The molecule has 0 aliphatic heterocycles. The summed E-state index contributed by atoms with van der Waals surface area (Å²) in [6.45, 7) is 1.25. The monoisotopic (exact) mass is 134 g/mol. The molecule has 0 heterocycles. The van der Waals surface area contributed by atoms with Crippen LogP contribution in [0.4, 0.5) is 0 Å². The van der Waals surface area contributed by atoms with Crippen molar-refractivity contribution in [3.63, 3.8) is 0 Å². The SMILES string of the molecule is CNCCCCN(O)O. The van der Waals surface area contributed by atoms with Crippen LogP contribution >= 0.6 is 0 Å². The molecule has 0 unspecified atom stereocenters. The molecule has 0 rings (SSSR count). The second-order valence-electron chi connectivity index (χ2n) is 1.91. The molecule has 0 fully saturated rings. The second-order valence-corrected chi connectivity index (χ2v) is 1.91. The van der Waals surface area contributed by atoms with Crippen LogP contribution < -0.4 is 5.32 Å². The van der Waals surface area contributed by atoms with Crippen LogP contribution in [0.5, 0.6) is 0 Å². The maximum Gasteiger partial charge on any atom is 0.0513 e. The number of nitrogens with one attached hydrogen (secondary N) is 1. The van der Waals surface area contributed by atoms with E-state index in [1.54, 1.807) is 0 Å². The average molecular weight is 134 g/mol. The average Bonchev–Trinajstić information content (AvgIpc) is 1.80. The minimum atomic E-state index is 0.218. The fourth-order valence-electron chi connectivity index (χ4n) is 0.555. The minimum Gasteiger partial charge on any atom is -0.320 e. The lowest BCUT2D eigenvalue weighted by Crippen LogP contribution is -2.16. The highest BCUT2D eigenvalue weighted by molar-refractivity contribution is 4.42. The van der Waals surface area contributed by atoms with E-state index in [1.165, 1.54) is 0 Å². The summed E-state index contributed by atoms with van der Waals surface area (Å²) in [5, 5.41) is 19.6. The van der Waals surface area contributed by atoms with Gasteiger partial charge in [-0.25, -0.2) is 0 Å². The lowest BCUT2D eigenvalue weighted by Gasteiger charge is -2.04. The molecule has 3 N–H and O–H groups in total. The summed E-state index contributed by atoms with van der Waals surface area (Å²) in [6, 6.07) is 0. The van der Waals surface area contributed by atoms with Crippen molar-refractivity contribution in [1.82, 2.24) is 10.5 Å². The molecule has 0 aliphatic rings. The number of hydrogen-bond acceptors (Lipinski definition) is 4. The zero-order valence-electron chi connectivity index (χ0n) is 5.67. The third kappa shape index (κ3) is 7.84. The number of unbranched alkanes of at least 4 members (excludes halogenated alkanes) is 1. The normalized spacial score (nSPS) is 10.7. The first-order valence-electron chi connectivity index (χ1n) is 3.07. The Morgan fingerprint density at radius 1 is 1.33 bits per heavy atom. The number of hydrogen-bond donors (Lipinski definition) is 3. The number of rotatable bonds is 5. The van der Waals surface area contributed by atoms with Crippen LogP contribution in [0.3, 0.4) is 0 Å². The summed E-state index contributed by atoms with van der Waals surface area (Å²) in [5.41, 5.74) is 0. The Morgan fingerprint density at radius 3 is 2.44 bits per heavy atom. The van der Waals surface area contributed by atoms with Gasteiger partial charge in [0.25, 0.3) is 0 Å². The zero-order valence-corrected chi connectivity index (χ0v) is 5.67. The van der Waals surface area contributed by atoms with Crippen molar-refractivity contribution in [2.75, 3.05) is 20.1 Å². The lowest BCUT2D eigenvalue weighted by molar-refractivity contribution is -0.306. The first-order valence-corrected chi connectivity index (χ1v) is 3.07. The molecule has 0 aromatic heterocycles. The van der Waals surface area contributed by atoms with Gasteiger partial charge in [-0.15, -0.1) is 0 Å². The molecule has 0 spiro atoms. The third-order valence-electron chi connectivity index (χ3n) is 1.03. The minimum absolute atomic E-state index is 0.218. The van der Waals surface area contributed by atoms with E-state index in [0.29, 0.717) is 6.54 Å². The first-order chi connectivity index (χ1) is 4.27. The highest BCUT2D eigenvalue weighted by Crippen LogP contribution is 1.86. The quantitative estimate of drug-likeness (QED) is 0.368. The van der Waals surface area contributed by atoms with Crippen molar-refractivity contribution < 1.29 is 10.4 Å². The fourth-order valence-corrected chi connectivity index (χ4v) is 0.555. The van der Waals surface area contributed by atoms with E-state index in [0.717, 1.165) is 19.4 Å². The molecular formula is C5H14N2O2. The van der Waals surface area contributed by atoms with Gasteiger partial charge in [-0.2, -0.15) is 0 Å². The van der Waals surface area contributed by atoms with E-state index in [9.17, 15) is 0 Å². The Hall–Kier alpha value is -0.160. The largest absolute Gasteiger partial charge is 0.320 e. The summed E-state index contributed by atoms with van der Waals surface area (Å²) in [4.78, 5) is 0. The van der Waals surface area contributed by atoms with Gasteiger partial charge in [-0.05, 0) is 26.4 Å². The molecule has 0 radical (unpaired) electrons. The zero-order chi connectivity index (χ0) is 7.11. The molecule has 9 heavy (non-hydrogen) atoms. The molecule has 4 nitrogen and oxygen atoms in total. The maximum absolute atomic E-state index is 8.22. The summed E-state index contributed by atoms with van der Waals surface area (Å²) >= 11 is 0. The molecular weight excluding hydrogens is 120 g/mol. The van der Waals surface area contributed by atoms with Gasteiger partial charge < -0.3 is 5.32 Å². The van der Waals surface area contributed by atoms with Crippen molar-refractivity contribution in [3.05, 3.63) is 0 Å². The van der Waals surface area contributed by atoms with Crippen molar-refractivity contribution in [2.45, 2.75) is 12.8 Å². The molecule has 4 heteroatoms. The van der Waals surface area contributed by atoms with E-state index in [-0.39, 0.29) is 5.23 Å². The van der Waals surface area contributed by atoms with Crippen LogP contribution in [-0.2, 0) is 0 Å². The predicted molar refractivity (Wildman–Crippen MR) is 33.4 cm³/mol. The predicted octanol–water partition coefficient (Wildman–Crippen LogP) is 0.0664. The fraction of sp³-hybridized carbons (Fsp3) is 1.00. The molecule has 0 aromatic carbocycles. The smallest absolute Gasteiger partial charge is 0.0513 e. The Balaban J connectivity index is 2.75. The number of nitrogens with zero attached hydrogens (tertiary/aromatic N) is 1. The Bertz CT molecular complexity index is 58.9. The molecule has 0 aliphatic carbocycles. The van der Waals surface area contributed by atoms with Crippen LogP contribution in [0.1, 0.15) is 12.8 Å². The maximum atomic E-state index is 8.22. The van der Waals surface area contributed by atoms with Crippen LogP contribution in [-0.4, -0.2) is 35.8 Å². The summed E-state index contributed by atoms with van der Waals surface area (Å²) in [7, 11) is 1.87. The Labute approximate surface area is 55.0 Å². The molecule has 0 saturated carbocycles. The van der Waals surface area contributed by atoms with Crippen LogP contribution in [0, 0.1) is 0 Å². The molecule has 56 valence electrons. The topological polar surface area (TPSA) is 55.7 Å². The first kappa shape index (κ1) is 8.84. The summed E-state index contributed by atoms with van der Waals surface area (Å²) in [6.07, 6.45) is 1.77. The Morgan fingerprint density at radius 2 is 2.00 bits per heavy atom. The third-order valence-corrected chi connectivity index (χ3v) is 1.03. The van der Waals surface area contributed by atoms with E-state index in [4.69, 9.17) is 10.4 Å². The number of hydroxylamine groups is 2. The van der Waals surface area contributed by atoms with Gasteiger partial charge in [0.2, 0.25) is 0 Å². The van der Waals surface area contributed by atoms with Crippen LogP contribution in [0.2, 0.25) is 0 Å². The van der Waals surface area contributed by atoms with Gasteiger partial charge in [-0.1, -0.05) is 5.23 Å². The lowest BCUT2D eigenvalue weighted by atomic mass is 10.3. The van der Waals surface area contributed by atoms with E-state index in [2.05, 4.69) is 5.32 Å². The van der Waals surface area contributed by atoms with Gasteiger partial charge >= 0.3 is 0 Å². The van der Waals surface area contributed by atoms with E-state index < -0.39 is 0 Å². The van der Waals surface area contributed by atoms with Gasteiger partial charge in [0.1, 0.15) is 0 Å². The molecule has 0 bridgehead atoms. The Kier molecular flexibility index (Phi) is 5.86. The van der Waals surface area contributed by atoms with Gasteiger partial charge in [0.15, 0.2) is 0 Å². The van der Waals surface area contributed by atoms with Crippen molar-refractivity contribution in [1.29, 1.82) is 0 Å². The van der Waals surface area contributed by atoms with E-state index >= 15 is 0 Å². The highest BCUT2D eigenvalue weighted by atomic mass is 16.8. The van der Waals surface area contributed by atoms with Gasteiger partial charge in [0.05, 0.1) is 6.54 Å². The van der Waals surface area contributed by atoms with E-state index in [1.807, 2.05) is 7.05 Å². The standard InChI is InChI=1S/C5H14N2O2/c1-6-4-2-3-5-7(8)9/h6,8-9H,2-5H2,1H3. The molecule has 0 saturated heterocycles. The highest BCUT2D eigenvalue weighted by Gasteiger charge is 1.91. The van der Waals surface area contributed by atoms with Crippen LogP contribution in [0.15, 0.2) is 0 Å².